The number of nitrogens with one attached hydrogen (secondary N) is 1. The Morgan fingerprint density at radius 1 is 1.05 bits per heavy atom. The zero-order valence-corrected chi connectivity index (χ0v) is 15.8. The van der Waals surface area contributed by atoms with Gasteiger partial charge in [0.1, 0.15) is 0 Å². The molecule has 0 saturated carbocycles. The second kappa shape index (κ2) is 7.12. The first-order chi connectivity index (χ1) is 9.95. The van der Waals surface area contributed by atoms with Crippen molar-refractivity contribution in [2.24, 2.45) is 0 Å². The van der Waals surface area contributed by atoms with Crippen molar-refractivity contribution in [1.29, 1.82) is 0 Å². The van der Waals surface area contributed by atoms with Gasteiger partial charge in [0.05, 0.1) is 6.04 Å². The molecule has 112 valence electrons. The van der Waals surface area contributed by atoms with Crippen LogP contribution < -0.4 is 5.32 Å². The number of hydrogen-bond acceptors (Lipinski definition) is 1. The van der Waals surface area contributed by atoms with Crippen molar-refractivity contribution in [3.63, 3.8) is 0 Å². The number of aryl methyl sites for hydroxylation is 3. The lowest BCUT2D eigenvalue weighted by Crippen LogP contribution is -2.24. The molecule has 0 aliphatic heterocycles. The molecule has 0 heterocycles. The Bertz CT molecular complexity index is 652. The molecule has 1 nitrogen and oxygen atoms in total. The van der Waals surface area contributed by atoms with Crippen LogP contribution in [0.25, 0.3) is 0 Å². The summed E-state index contributed by atoms with van der Waals surface area (Å²) in [6.07, 6.45) is 0. The second-order valence-electron chi connectivity index (χ2n) is 5.43. The topological polar surface area (TPSA) is 12.0 Å². The molecule has 0 radical (unpaired) electrons. The molecule has 1 atom stereocenters. The molecule has 0 spiro atoms. The van der Waals surface area contributed by atoms with Crippen molar-refractivity contribution in [2.75, 3.05) is 6.54 Å². The van der Waals surface area contributed by atoms with Crippen molar-refractivity contribution >= 4 is 34.2 Å². The number of benzene rings is 2. The molecule has 0 aromatic heterocycles. The maximum atomic E-state index is 6.25. The van der Waals surface area contributed by atoms with E-state index in [0.717, 1.165) is 17.1 Å². The highest BCUT2D eigenvalue weighted by atomic mass is 127. The zero-order chi connectivity index (χ0) is 15.6. The van der Waals surface area contributed by atoms with Crippen molar-refractivity contribution in [2.45, 2.75) is 33.7 Å². The number of halogens is 2. The highest BCUT2D eigenvalue weighted by Gasteiger charge is 2.19. The second-order valence-corrected chi connectivity index (χ2v) is 6.91. The van der Waals surface area contributed by atoms with Crippen molar-refractivity contribution in [3.8, 4) is 0 Å². The first kappa shape index (κ1) is 16.8. The van der Waals surface area contributed by atoms with Crippen molar-refractivity contribution < 1.29 is 0 Å². The lowest BCUT2D eigenvalue weighted by Gasteiger charge is -2.23. The van der Waals surface area contributed by atoms with Gasteiger partial charge in [-0.15, -0.1) is 0 Å². The van der Waals surface area contributed by atoms with Gasteiger partial charge in [0.25, 0.3) is 0 Å². The number of rotatable bonds is 4. The minimum Gasteiger partial charge on any atom is -0.306 e. The highest BCUT2D eigenvalue weighted by Crippen LogP contribution is 2.32. The molecular formula is C18H21ClIN. The van der Waals surface area contributed by atoms with Crippen LogP contribution in [-0.2, 0) is 0 Å². The Balaban J connectivity index is 2.59. The van der Waals surface area contributed by atoms with E-state index in [1.807, 2.05) is 0 Å². The van der Waals surface area contributed by atoms with E-state index < -0.39 is 0 Å². The van der Waals surface area contributed by atoms with E-state index >= 15 is 0 Å². The van der Waals surface area contributed by atoms with Crippen LogP contribution in [0, 0.1) is 24.3 Å². The summed E-state index contributed by atoms with van der Waals surface area (Å²) in [7, 11) is 0. The molecule has 0 fully saturated rings. The van der Waals surface area contributed by atoms with Crippen LogP contribution >= 0.6 is 34.2 Å². The van der Waals surface area contributed by atoms with Crippen LogP contribution in [0.1, 0.15) is 40.8 Å². The lowest BCUT2D eigenvalue weighted by molar-refractivity contribution is 0.624. The predicted molar refractivity (Wildman–Crippen MR) is 100 cm³/mol. The summed E-state index contributed by atoms with van der Waals surface area (Å²) in [5.74, 6) is 0. The summed E-state index contributed by atoms with van der Waals surface area (Å²) in [4.78, 5) is 0. The van der Waals surface area contributed by atoms with Crippen LogP contribution in [0.15, 0.2) is 30.3 Å². The quantitative estimate of drug-likeness (QED) is 0.646. The average Bonchev–Trinajstić information content (AvgIpc) is 2.44. The normalized spacial score (nSPS) is 12.5. The third kappa shape index (κ3) is 3.61. The van der Waals surface area contributed by atoms with Crippen LogP contribution in [0.5, 0.6) is 0 Å². The Morgan fingerprint density at radius 3 is 2.43 bits per heavy atom. The maximum absolute atomic E-state index is 6.25. The van der Waals surface area contributed by atoms with Gasteiger partial charge in [-0.25, -0.2) is 0 Å². The largest absolute Gasteiger partial charge is 0.306 e. The van der Waals surface area contributed by atoms with E-state index in [9.17, 15) is 0 Å². The fraction of sp³-hybridized carbons (Fsp3) is 0.333. The highest BCUT2D eigenvalue weighted by molar-refractivity contribution is 14.1. The Morgan fingerprint density at radius 2 is 1.76 bits per heavy atom. The molecular weight excluding hydrogens is 393 g/mol. The zero-order valence-electron chi connectivity index (χ0n) is 12.9. The summed E-state index contributed by atoms with van der Waals surface area (Å²) >= 11 is 8.70. The third-order valence-corrected chi connectivity index (χ3v) is 5.68. The molecule has 0 aliphatic carbocycles. The average molecular weight is 414 g/mol. The molecule has 2 aromatic carbocycles. The van der Waals surface area contributed by atoms with Gasteiger partial charge in [-0.1, -0.05) is 42.8 Å². The SMILES string of the molecule is CCNC(c1cc(C)c(Cl)cc1C)c1cccc(C)c1I. The first-order valence-corrected chi connectivity index (χ1v) is 8.66. The fourth-order valence-electron chi connectivity index (χ4n) is 2.60. The predicted octanol–water partition coefficient (Wildman–Crippen LogP) is 5.57. The Kier molecular flexibility index (Phi) is 5.69. The summed E-state index contributed by atoms with van der Waals surface area (Å²) in [6.45, 7) is 9.43. The summed E-state index contributed by atoms with van der Waals surface area (Å²) in [5, 5.41) is 4.46. The van der Waals surface area contributed by atoms with Crippen LogP contribution in [0.2, 0.25) is 5.02 Å². The molecule has 0 saturated heterocycles. The molecule has 0 amide bonds. The molecule has 0 aliphatic rings. The van der Waals surface area contributed by atoms with Gasteiger partial charge in [0.2, 0.25) is 0 Å². The van der Waals surface area contributed by atoms with Gasteiger partial charge < -0.3 is 5.32 Å². The van der Waals surface area contributed by atoms with Crippen LogP contribution in [0.4, 0.5) is 0 Å². The molecule has 3 heteroatoms. The van der Waals surface area contributed by atoms with Gasteiger partial charge in [-0.2, -0.15) is 0 Å². The smallest absolute Gasteiger partial charge is 0.0589 e. The molecule has 2 rings (SSSR count). The van der Waals surface area contributed by atoms with E-state index in [0.29, 0.717) is 0 Å². The van der Waals surface area contributed by atoms with Crippen molar-refractivity contribution in [1.82, 2.24) is 5.32 Å². The van der Waals surface area contributed by atoms with Gasteiger partial charge >= 0.3 is 0 Å². The summed E-state index contributed by atoms with van der Waals surface area (Å²) in [6, 6.07) is 11.0. The first-order valence-electron chi connectivity index (χ1n) is 7.20. The monoisotopic (exact) mass is 413 g/mol. The van der Waals surface area contributed by atoms with E-state index in [1.165, 1.54) is 25.8 Å². The third-order valence-electron chi connectivity index (χ3n) is 3.80. The minimum atomic E-state index is 0.206. The molecule has 1 unspecified atom stereocenters. The van der Waals surface area contributed by atoms with Crippen LogP contribution in [0.3, 0.4) is 0 Å². The lowest BCUT2D eigenvalue weighted by atomic mass is 9.92. The Hall–Kier alpha value is -0.580. The van der Waals surface area contributed by atoms with Gasteiger partial charge in [0.15, 0.2) is 0 Å². The maximum Gasteiger partial charge on any atom is 0.0589 e. The van der Waals surface area contributed by atoms with Crippen molar-refractivity contribution in [3.05, 3.63) is 66.7 Å². The molecule has 21 heavy (non-hydrogen) atoms. The molecule has 0 bridgehead atoms. The fourth-order valence-corrected chi connectivity index (χ4v) is 3.49. The number of hydrogen-bond donors (Lipinski definition) is 1. The van der Waals surface area contributed by atoms with E-state index in [2.05, 4.69) is 85.9 Å². The van der Waals surface area contributed by atoms with E-state index in [-0.39, 0.29) is 6.04 Å². The molecule has 1 N–H and O–H groups in total. The van der Waals surface area contributed by atoms with E-state index in [4.69, 9.17) is 11.6 Å². The van der Waals surface area contributed by atoms with E-state index in [1.54, 1.807) is 0 Å². The standard InChI is InChI=1S/C18H21ClIN/c1-5-21-18(14-8-6-7-11(2)17(14)20)15-9-13(4)16(19)10-12(15)3/h6-10,18,21H,5H2,1-4H3. The van der Waals surface area contributed by atoms with Crippen LogP contribution in [-0.4, -0.2) is 6.54 Å². The minimum absolute atomic E-state index is 0.206. The summed E-state index contributed by atoms with van der Waals surface area (Å²) < 4.78 is 1.33. The van der Waals surface area contributed by atoms with Gasteiger partial charge in [-0.05, 0) is 83.8 Å². The Labute approximate surface area is 146 Å². The van der Waals surface area contributed by atoms with Gasteiger partial charge in [-0.3, -0.25) is 0 Å². The van der Waals surface area contributed by atoms with Gasteiger partial charge in [0, 0.05) is 8.59 Å². The molecule has 2 aromatic rings. The summed E-state index contributed by atoms with van der Waals surface area (Å²) in [5.41, 5.74) is 6.32.